The minimum atomic E-state index is -0.848. The Balaban J connectivity index is 1.88. The molecule has 1 fully saturated rings. The smallest absolute Gasteiger partial charge is 0.308 e. The number of ether oxygens (including phenoxy) is 1. The molecule has 7 nitrogen and oxygen atoms in total. The van der Waals surface area contributed by atoms with Crippen molar-refractivity contribution in [3.05, 3.63) is 41.7 Å². The van der Waals surface area contributed by atoms with Gasteiger partial charge in [-0.2, -0.15) is 5.10 Å². The van der Waals surface area contributed by atoms with Gasteiger partial charge in [-0.25, -0.2) is 4.68 Å². The number of rotatable bonds is 4. The minimum Gasteiger partial charge on any atom is -0.494 e. The van der Waals surface area contributed by atoms with E-state index in [2.05, 4.69) is 5.10 Å². The molecule has 0 aliphatic carbocycles. The number of nitrogens with zero attached hydrogens (tertiary/aromatic N) is 3. The Morgan fingerprint density at radius 1 is 1.32 bits per heavy atom. The van der Waals surface area contributed by atoms with Crippen LogP contribution < -0.4 is 4.74 Å². The molecule has 1 aliphatic rings. The van der Waals surface area contributed by atoms with Crippen molar-refractivity contribution in [2.45, 2.75) is 19.8 Å². The molecule has 3 rings (SSSR count). The molecule has 2 aromatic rings. The highest BCUT2D eigenvalue weighted by Gasteiger charge is 2.30. The number of benzene rings is 1. The summed E-state index contributed by atoms with van der Waals surface area (Å²) >= 11 is 0. The maximum absolute atomic E-state index is 12.8. The first-order chi connectivity index (χ1) is 12.0. The molecule has 1 N–H and O–H groups in total. The van der Waals surface area contributed by atoms with Crippen molar-refractivity contribution in [2.24, 2.45) is 5.92 Å². The summed E-state index contributed by atoms with van der Waals surface area (Å²) in [5, 5.41) is 13.5. The fourth-order valence-electron chi connectivity index (χ4n) is 3.20. The Labute approximate surface area is 145 Å². The highest BCUT2D eigenvalue weighted by Crippen LogP contribution is 2.25. The number of para-hydroxylation sites is 2. The van der Waals surface area contributed by atoms with Crippen LogP contribution in [0.3, 0.4) is 0 Å². The Morgan fingerprint density at radius 2 is 2.08 bits per heavy atom. The Bertz CT molecular complexity index is 799. The average Bonchev–Trinajstić information content (AvgIpc) is 3.02. The number of methoxy groups -OCH3 is 1. The first kappa shape index (κ1) is 17.0. The molecule has 1 saturated heterocycles. The van der Waals surface area contributed by atoms with Crippen molar-refractivity contribution in [2.75, 3.05) is 20.2 Å². The van der Waals surface area contributed by atoms with Gasteiger partial charge in [-0.1, -0.05) is 12.1 Å². The number of carboxylic acids is 1. The largest absolute Gasteiger partial charge is 0.494 e. The minimum absolute atomic E-state index is 0.176. The summed E-state index contributed by atoms with van der Waals surface area (Å²) < 4.78 is 7.03. The fraction of sp³-hybridized carbons (Fsp3) is 0.389. The van der Waals surface area contributed by atoms with Gasteiger partial charge < -0.3 is 14.7 Å². The molecule has 7 heteroatoms. The van der Waals surface area contributed by atoms with Crippen LogP contribution in [0.2, 0.25) is 0 Å². The summed E-state index contributed by atoms with van der Waals surface area (Å²) in [5.41, 5.74) is 1.94. The van der Waals surface area contributed by atoms with Crippen LogP contribution in [0.25, 0.3) is 5.69 Å². The molecule has 1 amide bonds. The van der Waals surface area contributed by atoms with Gasteiger partial charge in [0.25, 0.3) is 5.91 Å². The molecule has 1 aliphatic heterocycles. The molecule has 0 bridgehead atoms. The summed E-state index contributed by atoms with van der Waals surface area (Å²) in [4.78, 5) is 25.7. The van der Waals surface area contributed by atoms with Gasteiger partial charge in [0.15, 0.2) is 0 Å². The lowest BCUT2D eigenvalue weighted by Gasteiger charge is -2.30. The Morgan fingerprint density at radius 3 is 2.80 bits per heavy atom. The van der Waals surface area contributed by atoms with Crippen LogP contribution in [-0.4, -0.2) is 51.9 Å². The van der Waals surface area contributed by atoms with Crippen molar-refractivity contribution < 1.29 is 19.4 Å². The monoisotopic (exact) mass is 343 g/mol. The molecule has 1 unspecified atom stereocenters. The molecule has 2 heterocycles. The lowest BCUT2D eigenvalue weighted by atomic mass is 9.98. The van der Waals surface area contributed by atoms with E-state index in [1.54, 1.807) is 16.7 Å². The Hall–Kier alpha value is -2.83. The third-order valence-corrected chi connectivity index (χ3v) is 4.61. The van der Waals surface area contributed by atoms with E-state index in [9.17, 15) is 14.7 Å². The summed E-state index contributed by atoms with van der Waals surface area (Å²) in [6.45, 7) is 2.64. The van der Waals surface area contributed by atoms with Gasteiger partial charge in [0.1, 0.15) is 11.4 Å². The number of piperidine rings is 1. The lowest BCUT2D eigenvalue weighted by Crippen LogP contribution is -2.42. The third-order valence-electron chi connectivity index (χ3n) is 4.61. The van der Waals surface area contributed by atoms with Crippen molar-refractivity contribution >= 4 is 11.9 Å². The summed E-state index contributed by atoms with van der Waals surface area (Å²) in [6.07, 6.45) is 2.84. The van der Waals surface area contributed by atoms with Crippen molar-refractivity contribution in [3.63, 3.8) is 0 Å². The molecular formula is C18H21N3O4. The fourth-order valence-corrected chi connectivity index (χ4v) is 3.20. The first-order valence-electron chi connectivity index (χ1n) is 8.23. The van der Waals surface area contributed by atoms with E-state index in [4.69, 9.17) is 4.74 Å². The summed E-state index contributed by atoms with van der Waals surface area (Å²) in [7, 11) is 1.59. The van der Waals surface area contributed by atoms with E-state index in [-0.39, 0.29) is 12.5 Å². The molecule has 1 atom stereocenters. The topological polar surface area (TPSA) is 84.7 Å². The lowest BCUT2D eigenvalue weighted by molar-refractivity contribution is -0.143. The van der Waals surface area contributed by atoms with Crippen LogP contribution in [0, 0.1) is 12.8 Å². The maximum atomic E-state index is 12.8. The van der Waals surface area contributed by atoms with Gasteiger partial charge in [-0.3, -0.25) is 9.59 Å². The predicted molar refractivity (Wildman–Crippen MR) is 91.1 cm³/mol. The summed E-state index contributed by atoms with van der Waals surface area (Å²) in [5.74, 6) is -0.859. The maximum Gasteiger partial charge on any atom is 0.308 e. The summed E-state index contributed by atoms with van der Waals surface area (Å²) in [6, 6.07) is 7.45. The number of amides is 1. The van der Waals surface area contributed by atoms with Crippen LogP contribution in [0.4, 0.5) is 0 Å². The van der Waals surface area contributed by atoms with E-state index >= 15 is 0 Å². The second kappa shape index (κ2) is 6.96. The number of aliphatic carboxylic acids is 1. The van der Waals surface area contributed by atoms with Gasteiger partial charge in [0.2, 0.25) is 0 Å². The normalized spacial score (nSPS) is 17.4. The van der Waals surface area contributed by atoms with Crippen LogP contribution in [0.5, 0.6) is 5.75 Å². The molecule has 132 valence electrons. The van der Waals surface area contributed by atoms with E-state index < -0.39 is 11.9 Å². The van der Waals surface area contributed by atoms with E-state index in [1.165, 1.54) is 6.20 Å². The van der Waals surface area contributed by atoms with Crippen LogP contribution in [0.15, 0.2) is 30.5 Å². The van der Waals surface area contributed by atoms with Crippen LogP contribution in [-0.2, 0) is 4.79 Å². The zero-order valence-electron chi connectivity index (χ0n) is 14.3. The molecule has 0 saturated carbocycles. The standard InChI is InChI=1S/C18H21N3O4/c1-12-14(17(22)20-9-5-6-13(11-20)18(23)24)10-19-21(12)15-7-3-4-8-16(15)25-2/h3-4,7-8,10,13H,5-6,9,11H2,1-2H3,(H,23,24). The molecule has 0 radical (unpaired) electrons. The van der Waals surface area contributed by atoms with E-state index in [0.717, 1.165) is 5.69 Å². The molecular weight excluding hydrogens is 322 g/mol. The van der Waals surface area contributed by atoms with Gasteiger partial charge in [0.05, 0.1) is 30.5 Å². The molecule has 1 aromatic heterocycles. The third kappa shape index (κ3) is 3.22. The zero-order chi connectivity index (χ0) is 18.0. The number of likely N-dealkylation sites (tertiary alicyclic amines) is 1. The quantitative estimate of drug-likeness (QED) is 0.919. The van der Waals surface area contributed by atoms with Crippen LogP contribution in [0.1, 0.15) is 28.9 Å². The number of carbonyl (C=O) groups excluding carboxylic acids is 1. The number of hydrogen-bond acceptors (Lipinski definition) is 4. The number of carbonyl (C=O) groups is 2. The van der Waals surface area contributed by atoms with Crippen molar-refractivity contribution in [1.82, 2.24) is 14.7 Å². The molecule has 1 aromatic carbocycles. The average molecular weight is 343 g/mol. The highest BCUT2D eigenvalue weighted by molar-refractivity contribution is 5.95. The molecule has 0 spiro atoms. The first-order valence-corrected chi connectivity index (χ1v) is 8.23. The van der Waals surface area contributed by atoms with Gasteiger partial charge in [-0.15, -0.1) is 0 Å². The second-order valence-corrected chi connectivity index (χ2v) is 6.16. The second-order valence-electron chi connectivity index (χ2n) is 6.16. The SMILES string of the molecule is COc1ccccc1-n1ncc(C(=O)N2CCCC(C(=O)O)C2)c1C. The van der Waals surface area contributed by atoms with Crippen LogP contribution >= 0.6 is 0 Å². The number of carboxylic acid groups (broad SMARTS) is 1. The van der Waals surface area contributed by atoms with E-state index in [1.807, 2.05) is 31.2 Å². The van der Waals surface area contributed by atoms with Crippen molar-refractivity contribution in [1.29, 1.82) is 0 Å². The number of aromatic nitrogens is 2. The van der Waals surface area contributed by atoms with Gasteiger partial charge in [-0.05, 0) is 31.9 Å². The number of hydrogen-bond donors (Lipinski definition) is 1. The zero-order valence-corrected chi connectivity index (χ0v) is 14.3. The van der Waals surface area contributed by atoms with Gasteiger partial charge >= 0.3 is 5.97 Å². The van der Waals surface area contributed by atoms with Crippen molar-refractivity contribution in [3.8, 4) is 11.4 Å². The Kier molecular flexibility index (Phi) is 4.74. The molecule has 25 heavy (non-hydrogen) atoms. The van der Waals surface area contributed by atoms with Gasteiger partial charge in [0, 0.05) is 13.1 Å². The van der Waals surface area contributed by atoms with E-state index in [0.29, 0.717) is 36.4 Å². The predicted octanol–water partition coefficient (Wildman–Crippen LogP) is 2.13. The highest BCUT2D eigenvalue weighted by atomic mass is 16.5.